The molecule has 0 fully saturated rings. The SMILES string of the molecule is COc1ccc(OCCSCC(=O)N(C)c2ccc([N+](=O)[O-])cc2)cc1. The molecule has 0 aliphatic heterocycles. The highest BCUT2D eigenvalue weighted by Gasteiger charge is 2.12. The van der Waals surface area contributed by atoms with Crippen LogP contribution in [0.15, 0.2) is 48.5 Å². The van der Waals surface area contributed by atoms with Crippen LogP contribution in [-0.4, -0.2) is 43.1 Å². The largest absolute Gasteiger partial charge is 0.497 e. The van der Waals surface area contributed by atoms with Crippen LogP contribution in [0.25, 0.3) is 0 Å². The molecule has 1 amide bonds. The van der Waals surface area contributed by atoms with Gasteiger partial charge in [0.1, 0.15) is 11.5 Å². The summed E-state index contributed by atoms with van der Waals surface area (Å²) in [6.07, 6.45) is 0. The first-order chi connectivity index (χ1) is 12.5. The maximum Gasteiger partial charge on any atom is 0.269 e. The van der Waals surface area contributed by atoms with Crippen molar-refractivity contribution in [3.8, 4) is 11.5 Å². The fraction of sp³-hybridized carbons (Fsp3) is 0.278. The fourth-order valence-electron chi connectivity index (χ4n) is 2.09. The van der Waals surface area contributed by atoms with E-state index in [0.29, 0.717) is 23.8 Å². The monoisotopic (exact) mass is 376 g/mol. The molecular weight excluding hydrogens is 356 g/mol. The Labute approximate surface area is 156 Å². The van der Waals surface area contributed by atoms with Crippen LogP contribution in [-0.2, 0) is 4.79 Å². The molecule has 0 aromatic heterocycles. The first-order valence-corrected chi connectivity index (χ1v) is 9.02. The van der Waals surface area contributed by atoms with Gasteiger partial charge >= 0.3 is 0 Å². The standard InChI is InChI=1S/C18H20N2O5S/c1-19(14-3-5-15(6-4-14)20(22)23)18(21)13-26-12-11-25-17-9-7-16(24-2)8-10-17/h3-10H,11-13H2,1-2H3. The Balaban J connectivity index is 1.71. The number of hydrogen-bond donors (Lipinski definition) is 0. The number of nitrogens with zero attached hydrogens (tertiary/aromatic N) is 2. The summed E-state index contributed by atoms with van der Waals surface area (Å²) in [5.74, 6) is 2.42. The maximum atomic E-state index is 12.2. The molecule has 0 bridgehead atoms. The molecule has 8 heteroatoms. The average molecular weight is 376 g/mol. The Morgan fingerprint density at radius 1 is 1.12 bits per heavy atom. The van der Waals surface area contributed by atoms with Gasteiger partial charge in [0.15, 0.2) is 0 Å². The smallest absolute Gasteiger partial charge is 0.269 e. The van der Waals surface area contributed by atoms with Gasteiger partial charge < -0.3 is 14.4 Å². The van der Waals surface area contributed by atoms with Crippen LogP contribution in [0.3, 0.4) is 0 Å². The third-order valence-electron chi connectivity index (χ3n) is 3.60. The first kappa shape index (κ1) is 19.6. The first-order valence-electron chi connectivity index (χ1n) is 7.87. The molecule has 2 aromatic rings. The van der Waals surface area contributed by atoms with Gasteiger partial charge in [-0.3, -0.25) is 14.9 Å². The van der Waals surface area contributed by atoms with Crippen LogP contribution >= 0.6 is 11.8 Å². The molecule has 26 heavy (non-hydrogen) atoms. The van der Waals surface area contributed by atoms with E-state index in [1.165, 1.54) is 28.8 Å². The number of rotatable bonds is 9. The molecule has 2 aromatic carbocycles. The maximum absolute atomic E-state index is 12.2. The summed E-state index contributed by atoms with van der Waals surface area (Å²) in [6.45, 7) is 0.492. The number of methoxy groups -OCH3 is 1. The number of ether oxygens (including phenoxy) is 2. The Hall–Kier alpha value is -2.74. The van der Waals surface area contributed by atoms with Crippen LogP contribution in [0.2, 0.25) is 0 Å². The van der Waals surface area contributed by atoms with Gasteiger partial charge in [0.25, 0.3) is 5.69 Å². The van der Waals surface area contributed by atoms with Crippen molar-refractivity contribution in [1.29, 1.82) is 0 Å². The Morgan fingerprint density at radius 2 is 1.73 bits per heavy atom. The predicted molar refractivity (Wildman–Crippen MR) is 102 cm³/mol. The van der Waals surface area contributed by atoms with E-state index >= 15 is 0 Å². The minimum absolute atomic E-state index is 0.000320. The summed E-state index contributed by atoms with van der Waals surface area (Å²) in [5, 5.41) is 10.7. The Bertz CT molecular complexity index is 734. The number of benzene rings is 2. The van der Waals surface area contributed by atoms with E-state index in [9.17, 15) is 14.9 Å². The highest BCUT2D eigenvalue weighted by atomic mass is 32.2. The molecule has 0 aliphatic carbocycles. The zero-order valence-corrected chi connectivity index (χ0v) is 15.4. The van der Waals surface area contributed by atoms with Gasteiger partial charge in [0.2, 0.25) is 5.91 Å². The van der Waals surface area contributed by atoms with E-state index in [1.54, 1.807) is 26.3 Å². The van der Waals surface area contributed by atoms with E-state index in [4.69, 9.17) is 9.47 Å². The summed E-state index contributed by atoms with van der Waals surface area (Å²) >= 11 is 1.47. The summed E-state index contributed by atoms with van der Waals surface area (Å²) < 4.78 is 10.7. The normalized spacial score (nSPS) is 10.2. The van der Waals surface area contributed by atoms with Gasteiger partial charge in [-0.25, -0.2) is 0 Å². The molecule has 0 saturated carbocycles. The predicted octanol–water partition coefficient (Wildman–Crippen LogP) is 3.38. The van der Waals surface area contributed by atoms with Gasteiger partial charge in [-0.1, -0.05) is 0 Å². The highest BCUT2D eigenvalue weighted by molar-refractivity contribution is 7.99. The van der Waals surface area contributed by atoms with Gasteiger partial charge in [-0.15, -0.1) is 11.8 Å². The number of nitro benzene ring substituents is 1. The number of carbonyl (C=O) groups excluding carboxylic acids is 1. The molecule has 0 N–H and O–H groups in total. The molecule has 7 nitrogen and oxygen atoms in total. The van der Waals surface area contributed by atoms with Gasteiger partial charge in [0, 0.05) is 30.6 Å². The van der Waals surface area contributed by atoms with Gasteiger partial charge in [-0.05, 0) is 36.4 Å². The van der Waals surface area contributed by atoms with E-state index in [2.05, 4.69) is 0 Å². The number of anilines is 1. The van der Waals surface area contributed by atoms with Crippen molar-refractivity contribution in [1.82, 2.24) is 0 Å². The summed E-state index contributed by atoms with van der Waals surface area (Å²) in [7, 11) is 3.26. The lowest BCUT2D eigenvalue weighted by Gasteiger charge is -2.17. The van der Waals surface area contributed by atoms with Crippen molar-refractivity contribution in [2.24, 2.45) is 0 Å². The van der Waals surface area contributed by atoms with Crippen LogP contribution < -0.4 is 14.4 Å². The molecule has 0 unspecified atom stereocenters. The van der Waals surface area contributed by atoms with Crippen LogP contribution in [0.4, 0.5) is 11.4 Å². The van der Waals surface area contributed by atoms with Crippen molar-refractivity contribution in [2.75, 3.05) is 37.2 Å². The van der Waals surface area contributed by atoms with Crippen LogP contribution in [0.5, 0.6) is 11.5 Å². The molecule has 0 spiro atoms. The van der Waals surface area contributed by atoms with Crippen molar-refractivity contribution in [3.05, 3.63) is 58.6 Å². The second-order valence-electron chi connectivity index (χ2n) is 5.30. The molecule has 2 rings (SSSR count). The van der Waals surface area contributed by atoms with Crippen molar-refractivity contribution >= 4 is 29.0 Å². The zero-order valence-electron chi connectivity index (χ0n) is 14.6. The molecular formula is C18H20N2O5S. The topological polar surface area (TPSA) is 81.9 Å². The zero-order chi connectivity index (χ0) is 18.9. The molecule has 0 radical (unpaired) electrons. The lowest BCUT2D eigenvalue weighted by atomic mass is 10.2. The lowest BCUT2D eigenvalue weighted by molar-refractivity contribution is -0.384. The Morgan fingerprint density at radius 3 is 2.31 bits per heavy atom. The van der Waals surface area contributed by atoms with Crippen LogP contribution in [0.1, 0.15) is 0 Å². The summed E-state index contributed by atoms with van der Waals surface area (Å²) in [4.78, 5) is 23.9. The Kier molecular flexibility index (Phi) is 7.28. The summed E-state index contributed by atoms with van der Waals surface area (Å²) in [6, 6.07) is 13.2. The van der Waals surface area contributed by atoms with Crippen molar-refractivity contribution in [3.63, 3.8) is 0 Å². The number of hydrogen-bond acceptors (Lipinski definition) is 6. The summed E-state index contributed by atoms with van der Waals surface area (Å²) in [5.41, 5.74) is 0.621. The number of non-ortho nitro benzene ring substituents is 1. The number of amides is 1. The van der Waals surface area contributed by atoms with Crippen molar-refractivity contribution in [2.45, 2.75) is 0 Å². The minimum atomic E-state index is -0.468. The second kappa shape index (κ2) is 9.67. The number of carbonyl (C=O) groups is 1. The molecule has 0 heterocycles. The van der Waals surface area contributed by atoms with Crippen LogP contribution in [0, 0.1) is 10.1 Å². The number of nitro groups is 1. The van der Waals surface area contributed by atoms with E-state index in [-0.39, 0.29) is 11.6 Å². The average Bonchev–Trinajstić information content (AvgIpc) is 2.67. The van der Waals surface area contributed by atoms with Crippen molar-refractivity contribution < 1.29 is 19.2 Å². The highest BCUT2D eigenvalue weighted by Crippen LogP contribution is 2.20. The van der Waals surface area contributed by atoms with E-state index in [0.717, 1.165) is 11.5 Å². The van der Waals surface area contributed by atoms with Gasteiger partial charge in [-0.2, -0.15) is 0 Å². The molecule has 138 valence electrons. The van der Waals surface area contributed by atoms with E-state index in [1.807, 2.05) is 24.3 Å². The second-order valence-corrected chi connectivity index (χ2v) is 6.41. The molecule has 0 atom stereocenters. The third kappa shape index (κ3) is 5.66. The van der Waals surface area contributed by atoms with E-state index < -0.39 is 4.92 Å². The quantitative estimate of drug-likeness (QED) is 0.379. The van der Waals surface area contributed by atoms with Gasteiger partial charge in [0.05, 0.1) is 24.4 Å². The number of thioether (sulfide) groups is 1. The fourth-order valence-corrected chi connectivity index (χ4v) is 2.80. The molecule has 0 aliphatic rings. The lowest BCUT2D eigenvalue weighted by Crippen LogP contribution is -2.28. The third-order valence-corrected chi connectivity index (χ3v) is 4.51. The minimum Gasteiger partial charge on any atom is -0.497 e. The molecule has 0 saturated heterocycles.